The van der Waals surface area contributed by atoms with Crippen LogP contribution < -0.4 is 5.32 Å². The number of hydrogen-bond donors (Lipinski definition) is 1. The van der Waals surface area contributed by atoms with Crippen LogP contribution in [0.4, 0.5) is 0 Å². The molecule has 0 saturated carbocycles. The Labute approximate surface area is 162 Å². The van der Waals surface area contributed by atoms with Crippen LogP contribution in [0.5, 0.6) is 0 Å². The zero-order valence-corrected chi connectivity index (χ0v) is 16.2. The van der Waals surface area contributed by atoms with E-state index < -0.39 is 27.9 Å². The summed E-state index contributed by atoms with van der Waals surface area (Å²) >= 11 is 1.12. The second-order valence-corrected chi connectivity index (χ2v) is 9.14. The zero-order chi connectivity index (χ0) is 19.3. The molecular formula is C18H20N2O5S2. The van der Waals surface area contributed by atoms with Gasteiger partial charge in [0.05, 0.1) is 0 Å². The van der Waals surface area contributed by atoms with Gasteiger partial charge < -0.3 is 10.1 Å². The molecule has 3 rings (SSSR count). The Bertz CT molecular complexity index is 882. The number of benzene rings is 1. The van der Waals surface area contributed by atoms with Crippen LogP contribution in [0, 0.1) is 0 Å². The maximum absolute atomic E-state index is 12.7. The molecule has 1 aromatic carbocycles. The standard InChI is InChI=1S/C18H20N2O5S2/c21-16(25-13-14-6-2-1-3-7-14)12-19-18(22)15-8-4-10-20(15)27(23,24)17-9-5-11-26-17/h1-3,5-7,9,11,15H,4,8,10,12-13H2,(H,19,22). The molecule has 1 N–H and O–H groups in total. The molecule has 2 aromatic rings. The van der Waals surface area contributed by atoms with Crippen LogP contribution >= 0.6 is 11.3 Å². The number of sulfonamides is 1. The van der Waals surface area contributed by atoms with Crippen LogP contribution in [0.15, 0.2) is 52.1 Å². The summed E-state index contributed by atoms with van der Waals surface area (Å²) in [6.45, 7) is 0.115. The van der Waals surface area contributed by atoms with Gasteiger partial charge in [0.15, 0.2) is 0 Å². The predicted molar refractivity (Wildman–Crippen MR) is 100 cm³/mol. The minimum atomic E-state index is -3.70. The van der Waals surface area contributed by atoms with Crippen molar-refractivity contribution in [1.29, 1.82) is 0 Å². The molecule has 1 amide bonds. The maximum atomic E-state index is 12.7. The molecule has 1 saturated heterocycles. The van der Waals surface area contributed by atoms with Crippen molar-refractivity contribution in [2.45, 2.75) is 29.7 Å². The highest BCUT2D eigenvalue weighted by atomic mass is 32.2. The Morgan fingerprint density at radius 2 is 1.96 bits per heavy atom. The number of ether oxygens (including phenoxy) is 1. The molecule has 1 unspecified atom stereocenters. The third kappa shape index (κ3) is 4.74. The van der Waals surface area contributed by atoms with Crippen LogP contribution in [0.25, 0.3) is 0 Å². The lowest BCUT2D eigenvalue weighted by atomic mass is 10.2. The van der Waals surface area contributed by atoms with Crippen molar-refractivity contribution in [1.82, 2.24) is 9.62 Å². The number of nitrogens with zero attached hydrogens (tertiary/aromatic N) is 1. The fourth-order valence-electron chi connectivity index (χ4n) is 2.88. The Balaban J connectivity index is 1.53. The molecule has 0 radical (unpaired) electrons. The van der Waals surface area contributed by atoms with Crippen molar-refractivity contribution < 1.29 is 22.7 Å². The quantitative estimate of drug-likeness (QED) is 0.705. The first-order valence-electron chi connectivity index (χ1n) is 8.51. The van der Waals surface area contributed by atoms with Gasteiger partial charge in [-0.25, -0.2) is 8.42 Å². The highest BCUT2D eigenvalue weighted by molar-refractivity contribution is 7.91. The van der Waals surface area contributed by atoms with Crippen molar-refractivity contribution >= 4 is 33.2 Å². The van der Waals surface area contributed by atoms with Gasteiger partial charge in [0.1, 0.15) is 23.4 Å². The second kappa shape index (κ2) is 8.64. The molecule has 1 aliphatic heterocycles. The molecule has 0 bridgehead atoms. The van der Waals surface area contributed by atoms with Gasteiger partial charge in [-0.1, -0.05) is 36.4 Å². The first kappa shape index (κ1) is 19.5. The summed E-state index contributed by atoms with van der Waals surface area (Å²) in [6.07, 6.45) is 1.02. The minimum Gasteiger partial charge on any atom is -0.460 e. The average Bonchev–Trinajstić information content (AvgIpc) is 3.37. The molecule has 7 nitrogen and oxygen atoms in total. The van der Waals surface area contributed by atoms with E-state index in [4.69, 9.17) is 4.74 Å². The minimum absolute atomic E-state index is 0.123. The molecule has 0 spiro atoms. The van der Waals surface area contributed by atoms with Crippen molar-refractivity contribution in [3.63, 3.8) is 0 Å². The van der Waals surface area contributed by atoms with Gasteiger partial charge in [-0.15, -0.1) is 11.3 Å². The van der Waals surface area contributed by atoms with E-state index in [9.17, 15) is 18.0 Å². The van der Waals surface area contributed by atoms with Crippen LogP contribution in [-0.2, 0) is 31.0 Å². The number of hydrogen-bond acceptors (Lipinski definition) is 6. The molecule has 1 atom stereocenters. The zero-order valence-electron chi connectivity index (χ0n) is 14.5. The average molecular weight is 409 g/mol. The summed E-state index contributed by atoms with van der Waals surface area (Å²) < 4.78 is 31.9. The number of nitrogens with one attached hydrogen (secondary N) is 1. The molecule has 0 aliphatic carbocycles. The molecule has 1 fully saturated rings. The number of thiophene rings is 1. The molecule has 9 heteroatoms. The number of rotatable bonds is 7. The lowest BCUT2D eigenvalue weighted by Gasteiger charge is -2.22. The van der Waals surface area contributed by atoms with E-state index in [1.165, 1.54) is 10.4 Å². The summed E-state index contributed by atoms with van der Waals surface area (Å²) in [5.74, 6) is -1.05. The molecule has 1 aromatic heterocycles. The molecule has 2 heterocycles. The fourth-order valence-corrected chi connectivity index (χ4v) is 5.66. The van der Waals surface area contributed by atoms with E-state index in [1.54, 1.807) is 11.4 Å². The van der Waals surface area contributed by atoms with E-state index in [2.05, 4.69) is 5.32 Å². The Kier molecular flexibility index (Phi) is 6.25. The van der Waals surface area contributed by atoms with Gasteiger partial charge in [0, 0.05) is 6.54 Å². The number of esters is 1. The Morgan fingerprint density at radius 3 is 2.67 bits per heavy atom. The molecule has 144 valence electrons. The summed E-state index contributed by atoms with van der Waals surface area (Å²) in [5, 5.41) is 4.17. The van der Waals surface area contributed by atoms with Crippen molar-refractivity contribution in [3.8, 4) is 0 Å². The Morgan fingerprint density at radius 1 is 1.19 bits per heavy atom. The third-order valence-corrected chi connectivity index (χ3v) is 7.50. The monoisotopic (exact) mass is 408 g/mol. The van der Waals surface area contributed by atoms with Gasteiger partial charge in [-0.3, -0.25) is 9.59 Å². The first-order chi connectivity index (χ1) is 13.0. The summed E-state index contributed by atoms with van der Waals surface area (Å²) in [7, 11) is -3.70. The van der Waals surface area contributed by atoms with Crippen LogP contribution in [0.3, 0.4) is 0 Å². The number of amides is 1. The fraction of sp³-hybridized carbons (Fsp3) is 0.333. The molecule has 27 heavy (non-hydrogen) atoms. The number of carbonyl (C=O) groups excluding carboxylic acids is 2. The van der Waals surface area contributed by atoms with E-state index >= 15 is 0 Å². The normalized spacial score (nSPS) is 17.6. The van der Waals surface area contributed by atoms with Crippen LogP contribution in [-0.4, -0.2) is 43.7 Å². The predicted octanol–water partition coefficient (Wildman–Crippen LogP) is 1.76. The maximum Gasteiger partial charge on any atom is 0.325 e. The topological polar surface area (TPSA) is 92.8 Å². The highest BCUT2D eigenvalue weighted by Gasteiger charge is 2.39. The van der Waals surface area contributed by atoms with Gasteiger partial charge in [0.25, 0.3) is 10.0 Å². The van der Waals surface area contributed by atoms with Gasteiger partial charge in [-0.2, -0.15) is 4.31 Å². The van der Waals surface area contributed by atoms with Crippen molar-refractivity contribution in [2.24, 2.45) is 0 Å². The SMILES string of the molecule is O=C(CNC(=O)C1CCCN1S(=O)(=O)c1cccs1)OCc1ccccc1. The third-order valence-electron chi connectivity index (χ3n) is 4.21. The van der Waals surface area contributed by atoms with Crippen molar-refractivity contribution in [2.75, 3.05) is 13.1 Å². The van der Waals surface area contributed by atoms with E-state index in [0.29, 0.717) is 12.8 Å². The summed E-state index contributed by atoms with van der Waals surface area (Å²) in [6, 6.07) is 11.6. The van der Waals surface area contributed by atoms with Gasteiger partial charge in [-0.05, 0) is 29.9 Å². The van der Waals surface area contributed by atoms with Gasteiger partial charge >= 0.3 is 5.97 Å². The largest absolute Gasteiger partial charge is 0.460 e. The smallest absolute Gasteiger partial charge is 0.325 e. The second-order valence-electron chi connectivity index (χ2n) is 6.07. The summed E-state index contributed by atoms with van der Waals surface area (Å²) in [4.78, 5) is 24.3. The highest BCUT2D eigenvalue weighted by Crippen LogP contribution is 2.28. The van der Waals surface area contributed by atoms with E-state index in [-0.39, 0.29) is 23.9 Å². The first-order valence-corrected chi connectivity index (χ1v) is 10.8. The van der Waals surface area contributed by atoms with Gasteiger partial charge in [0.2, 0.25) is 5.91 Å². The molecule has 1 aliphatic rings. The van der Waals surface area contributed by atoms with E-state index in [0.717, 1.165) is 16.9 Å². The molecular weight excluding hydrogens is 388 g/mol. The number of carbonyl (C=O) groups is 2. The van der Waals surface area contributed by atoms with Crippen LogP contribution in [0.1, 0.15) is 18.4 Å². The Hall–Kier alpha value is -2.23. The lowest BCUT2D eigenvalue weighted by Crippen LogP contribution is -2.47. The lowest BCUT2D eigenvalue weighted by molar-refractivity contribution is -0.145. The van der Waals surface area contributed by atoms with E-state index in [1.807, 2.05) is 30.3 Å². The van der Waals surface area contributed by atoms with Crippen LogP contribution in [0.2, 0.25) is 0 Å². The van der Waals surface area contributed by atoms with Crippen molar-refractivity contribution in [3.05, 3.63) is 53.4 Å². The summed E-state index contributed by atoms with van der Waals surface area (Å²) in [5.41, 5.74) is 0.848.